The molecule has 0 aromatic heterocycles. The van der Waals surface area contributed by atoms with Crippen LogP contribution in [0, 0.1) is 0 Å². The molecule has 5 heteroatoms. The number of anilines is 1. The van der Waals surface area contributed by atoms with E-state index in [0.717, 1.165) is 5.56 Å². The van der Waals surface area contributed by atoms with Gasteiger partial charge in [-0.15, -0.1) is 0 Å². The van der Waals surface area contributed by atoms with Gasteiger partial charge in [-0.1, -0.05) is 42.5 Å². The average Bonchev–Trinajstić information content (AvgIpc) is 2.63. The van der Waals surface area contributed by atoms with Crippen molar-refractivity contribution in [3.8, 4) is 5.75 Å². The molecule has 132 valence electrons. The highest BCUT2D eigenvalue weighted by atomic mass is 16.5. The summed E-state index contributed by atoms with van der Waals surface area (Å²) in [5.74, 6) is 0.000115. The monoisotopic (exact) mass is 341 g/mol. The van der Waals surface area contributed by atoms with E-state index in [-0.39, 0.29) is 24.7 Å². The molecule has 0 fully saturated rings. The van der Waals surface area contributed by atoms with E-state index in [1.165, 1.54) is 0 Å². The van der Waals surface area contributed by atoms with Gasteiger partial charge in [0, 0.05) is 12.8 Å². The largest absolute Gasteiger partial charge is 0.492 e. The van der Waals surface area contributed by atoms with Crippen molar-refractivity contribution in [3.63, 3.8) is 0 Å². The first-order chi connectivity index (χ1) is 12.2. The fraction of sp³-hybridized carbons (Fsp3) is 0.300. The highest BCUT2D eigenvalue weighted by molar-refractivity contribution is 5.93. The first-order valence-corrected chi connectivity index (χ1v) is 8.40. The SMILES string of the molecule is CCOc1ccccc1NC(=O)CCC(=O)OCCc1ccccc1. The molecule has 0 aliphatic carbocycles. The highest BCUT2D eigenvalue weighted by Crippen LogP contribution is 2.23. The summed E-state index contributed by atoms with van der Waals surface area (Å²) >= 11 is 0. The van der Waals surface area contributed by atoms with Crippen molar-refractivity contribution in [2.24, 2.45) is 0 Å². The summed E-state index contributed by atoms with van der Waals surface area (Å²) in [6, 6.07) is 17.0. The summed E-state index contributed by atoms with van der Waals surface area (Å²) < 4.78 is 10.6. The predicted molar refractivity (Wildman–Crippen MR) is 96.6 cm³/mol. The standard InChI is InChI=1S/C20H23NO4/c1-2-24-18-11-7-6-10-17(18)21-19(22)12-13-20(23)25-15-14-16-8-4-3-5-9-16/h3-11H,2,12-15H2,1H3,(H,21,22). The first-order valence-electron chi connectivity index (χ1n) is 8.40. The van der Waals surface area contributed by atoms with Crippen molar-refractivity contribution in [2.75, 3.05) is 18.5 Å². The molecule has 0 aliphatic heterocycles. The number of hydrogen-bond acceptors (Lipinski definition) is 4. The number of nitrogens with one attached hydrogen (secondary N) is 1. The first kappa shape index (κ1) is 18.5. The molecule has 0 atom stereocenters. The van der Waals surface area contributed by atoms with E-state index < -0.39 is 0 Å². The fourth-order valence-corrected chi connectivity index (χ4v) is 2.28. The number of benzene rings is 2. The van der Waals surface area contributed by atoms with Gasteiger partial charge in [0.2, 0.25) is 5.91 Å². The van der Waals surface area contributed by atoms with Crippen LogP contribution in [0.4, 0.5) is 5.69 Å². The second-order valence-electron chi connectivity index (χ2n) is 5.43. The molecule has 0 spiro atoms. The van der Waals surface area contributed by atoms with E-state index in [1.807, 2.05) is 49.4 Å². The van der Waals surface area contributed by atoms with E-state index in [4.69, 9.17) is 9.47 Å². The lowest BCUT2D eigenvalue weighted by molar-refractivity contribution is -0.144. The quantitative estimate of drug-likeness (QED) is 0.708. The van der Waals surface area contributed by atoms with Gasteiger partial charge >= 0.3 is 5.97 Å². The molecule has 0 bridgehead atoms. The fourth-order valence-electron chi connectivity index (χ4n) is 2.28. The minimum atomic E-state index is -0.371. The second kappa shape index (κ2) is 10.1. The Labute approximate surface area is 148 Å². The molecule has 0 saturated heterocycles. The van der Waals surface area contributed by atoms with Gasteiger partial charge in [0.05, 0.1) is 25.3 Å². The molecule has 1 N–H and O–H groups in total. The molecule has 0 unspecified atom stereocenters. The summed E-state index contributed by atoms with van der Waals surface area (Å²) in [4.78, 5) is 23.7. The van der Waals surface area contributed by atoms with E-state index in [9.17, 15) is 9.59 Å². The number of para-hydroxylation sites is 2. The maximum absolute atomic E-state index is 12.0. The molecular formula is C20H23NO4. The van der Waals surface area contributed by atoms with Crippen LogP contribution in [0.3, 0.4) is 0 Å². The lowest BCUT2D eigenvalue weighted by Crippen LogP contribution is -2.16. The van der Waals surface area contributed by atoms with Gasteiger partial charge in [-0.3, -0.25) is 9.59 Å². The Bertz CT molecular complexity index is 685. The number of hydrogen-bond donors (Lipinski definition) is 1. The highest BCUT2D eigenvalue weighted by Gasteiger charge is 2.10. The molecule has 0 heterocycles. The zero-order chi connectivity index (χ0) is 17.9. The Hall–Kier alpha value is -2.82. The third-order valence-electron chi connectivity index (χ3n) is 3.51. The number of carbonyl (C=O) groups is 2. The minimum Gasteiger partial charge on any atom is -0.492 e. The van der Waals surface area contributed by atoms with Crippen LogP contribution in [0.2, 0.25) is 0 Å². The van der Waals surface area contributed by atoms with Crippen molar-refractivity contribution in [1.29, 1.82) is 0 Å². The normalized spacial score (nSPS) is 10.1. The van der Waals surface area contributed by atoms with Crippen LogP contribution in [-0.2, 0) is 20.7 Å². The van der Waals surface area contributed by atoms with Crippen molar-refractivity contribution in [1.82, 2.24) is 0 Å². The molecule has 2 aromatic rings. The predicted octanol–water partition coefficient (Wildman–Crippen LogP) is 3.59. The number of amides is 1. The van der Waals surface area contributed by atoms with Crippen LogP contribution < -0.4 is 10.1 Å². The van der Waals surface area contributed by atoms with Crippen molar-refractivity contribution < 1.29 is 19.1 Å². The van der Waals surface area contributed by atoms with Gasteiger partial charge in [-0.25, -0.2) is 0 Å². The van der Waals surface area contributed by atoms with Crippen LogP contribution in [0.5, 0.6) is 5.75 Å². The number of ether oxygens (including phenoxy) is 2. The maximum atomic E-state index is 12.0. The second-order valence-corrected chi connectivity index (χ2v) is 5.43. The van der Waals surface area contributed by atoms with Gasteiger partial charge in [0.25, 0.3) is 0 Å². The zero-order valence-corrected chi connectivity index (χ0v) is 14.4. The summed E-state index contributed by atoms with van der Waals surface area (Å²) in [5, 5.41) is 2.76. The maximum Gasteiger partial charge on any atom is 0.306 e. The molecule has 0 aliphatic rings. The number of rotatable bonds is 9. The molecule has 2 rings (SSSR count). The average molecular weight is 341 g/mol. The van der Waals surface area contributed by atoms with Crippen LogP contribution in [0.1, 0.15) is 25.3 Å². The Morgan fingerprint density at radius 2 is 1.68 bits per heavy atom. The Kier molecular flexibility index (Phi) is 7.50. The van der Waals surface area contributed by atoms with Crippen molar-refractivity contribution in [2.45, 2.75) is 26.2 Å². The van der Waals surface area contributed by atoms with Crippen LogP contribution >= 0.6 is 0 Å². The van der Waals surface area contributed by atoms with Gasteiger partial charge in [0.1, 0.15) is 5.75 Å². The molecular weight excluding hydrogens is 318 g/mol. The minimum absolute atomic E-state index is 0.0530. The number of carbonyl (C=O) groups excluding carboxylic acids is 2. The lowest BCUT2D eigenvalue weighted by Gasteiger charge is -2.11. The van der Waals surface area contributed by atoms with Crippen LogP contribution in [0.25, 0.3) is 0 Å². The molecule has 2 aromatic carbocycles. The molecule has 0 saturated carbocycles. The zero-order valence-electron chi connectivity index (χ0n) is 14.4. The Morgan fingerprint density at radius 3 is 2.44 bits per heavy atom. The molecule has 0 radical (unpaired) electrons. The smallest absolute Gasteiger partial charge is 0.306 e. The van der Waals surface area contributed by atoms with Crippen molar-refractivity contribution >= 4 is 17.6 Å². The topological polar surface area (TPSA) is 64.6 Å². The summed E-state index contributed by atoms with van der Waals surface area (Å²) in [7, 11) is 0. The van der Waals surface area contributed by atoms with Gasteiger partial charge in [-0.05, 0) is 24.6 Å². The molecule has 5 nitrogen and oxygen atoms in total. The summed E-state index contributed by atoms with van der Waals surface area (Å²) in [6.07, 6.45) is 0.794. The van der Waals surface area contributed by atoms with E-state index >= 15 is 0 Å². The number of esters is 1. The molecule has 1 amide bonds. The Morgan fingerprint density at radius 1 is 0.960 bits per heavy atom. The van der Waals surface area contributed by atoms with Crippen LogP contribution in [0.15, 0.2) is 54.6 Å². The third-order valence-corrected chi connectivity index (χ3v) is 3.51. The Balaban J connectivity index is 1.70. The van der Waals surface area contributed by atoms with E-state index in [0.29, 0.717) is 31.1 Å². The van der Waals surface area contributed by atoms with Gasteiger partial charge in [-0.2, -0.15) is 0 Å². The third kappa shape index (κ3) is 6.67. The summed E-state index contributed by atoms with van der Waals surface area (Å²) in [6.45, 7) is 2.71. The van der Waals surface area contributed by atoms with Gasteiger partial charge < -0.3 is 14.8 Å². The molecule has 25 heavy (non-hydrogen) atoms. The lowest BCUT2D eigenvalue weighted by atomic mass is 10.2. The van der Waals surface area contributed by atoms with Crippen molar-refractivity contribution in [3.05, 3.63) is 60.2 Å². The van der Waals surface area contributed by atoms with Gasteiger partial charge in [0.15, 0.2) is 0 Å². The van der Waals surface area contributed by atoms with E-state index in [1.54, 1.807) is 12.1 Å². The van der Waals surface area contributed by atoms with E-state index in [2.05, 4.69) is 5.32 Å². The van der Waals surface area contributed by atoms with Crippen LogP contribution in [-0.4, -0.2) is 25.1 Å². The summed E-state index contributed by atoms with van der Waals surface area (Å²) in [5.41, 5.74) is 1.72.